The van der Waals surface area contributed by atoms with Crippen LogP contribution in [0, 0.1) is 0 Å². The van der Waals surface area contributed by atoms with Gasteiger partial charge in [-0.1, -0.05) is 0 Å². The third-order valence-electron chi connectivity index (χ3n) is 0. The van der Waals surface area contributed by atoms with Gasteiger partial charge >= 0.3 is 120 Å². The van der Waals surface area contributed by atoms with Gasteiger partial charge in [-0.25, -0.2) is 4.79 Å². The number of carbonyl (C=O) groups is 1. The van der Waals surface area contributed by atoms with Gasteiger partial charge in [-0.15, -0.1) is 0 Å². The molecule has 0 unspecified atom stereocenters. The number of hydrogen-bond donors (Lipinski definition) is 1. The van der Waals surface area contributed by atoms with Gasteiger partial charge < -0.3 is 0 Å². The van der Waals surface area contributed by atoms with Crippen LogP contribution < -0.4 is 74.6 Å². The summed E-state index contributed by atoms with van der Waals surface area (Å²) in [7, 11) is 0. The van der Waals surface area contributed by atoms with E-state index in [0.717, 1.165) is 0 Å². The van der Waals surface area contributed by atoms with Crippen molar-refractivity contribution in [3.63, 3.8) is 0 Å². The molecule has 1 amide bonds. The van der Waals surface area contributed by atoms with Crippen LogP contribution in [-0.2, 0) is 4.79 Å². The normalized spacial score (nSPS) is 4.43. The van der Waals surface area contributed by atoms with E-state index < -0.39 is 0 Å². The first-order valence-electron chi connectivity index (χ1n) is 1.02. The fourth-order valence-electron chi connectivity index (χ4n) is 0. The molecule has 7 heavy (non-hydrogen) atoms. The van der Waals surface area contributed by atoms with Gasteiger partial charge in [-0.2, -0.15) is 0 Å². The Hall–Kier alpha value is 4.06. The van der Waals surface area contributed by atoms with E-state index in [1.807, 2.05) is 0 Å². The van der Waals surface area contributed by atoms with Gasteiger partial charge in [0.05, 0.1) is 0 Å². The minimum absolute atomic E-state index is 0. The molecule has 0 fully saturated rings. The van der Waals surface area contributed by atoms with Crippen LogP contribution in [0.2, 0.25) is 0 Å². The predicted octanol–water partition coefficient (Wildman–Crippen LogP) is -3.22. The topological polar surface area (TPSA) is 44.7 Å². The van der Waals surface area contributed by atoms with E-state index in [4.69, 9.17) is 4.79 Å². The number of hydrogen-bond acceptors (Lipinski definition) is 1. The Morgan fingerprint density at radius 3 is 1.57 bits per heavy atom. The number of amides is 1. The summed E-state index contributed by atoms with van der Waals surface area (Å²) < 4.78 is 0. The van der Waals surface area contributed by atoms with Gasteiger partial charge in [0.1, 0.15) is 0 Å². The van der Waals surface area contributed by atoms with E-state index in [0.29, 0.717) is 6.41 Å². The van der Waals surface area contributed by atoms with Gasteiger partial charge in [0.15, 0.2) is 0 Å². The van der Waals surface area contributed by atoms with E-state index in [9.17, 15) is 0 Å². The average molecular weight is 640 g/mol. The number of carbonyl (C=O) groups excluding carboxylic acids is 1. The van der Waals surface area contributed by atoms with Crippen LogP contribution in [0.5, 0.6) is 0 Å². The summed E-state index contributed by atoms with van der Waals surface area (Å²) >= 11 is 4.96. The van der Waals surface area contributed by atoms with Gasteiger partial charge in [-0.3, -0.25) is 5.73 Å². The van der Waals surface area contributed by atoms with E-state index in [2.05, 4.69) is 41.3 Å². The summed E-state index contributed by atoms with van der Waals surface area (Å²) in [6.45, 7) is 0. The Morgan fingerprint density at radius 2 is 1.57 bits per heavy atom. The second kappa shape index (κ2) is 22.5. The Labute approximate surface area is 132 Å². The monoisotopic (exact) mass is 641 g/mol. The smallest absolute Gasteiger partial charge is 0.296 e. The molecular formula is CH4CsI2NOPb+2. The molecule has 0 saturated carbocycles. The van der Waals surface area contributed by atoms with Crippen molar-refractivity contribution in [2.24, 2.45) is 0 Å². The molecule has 2 nitrogen and oxygen atoms in total. The summed E-state index contributed by atoms with van der Waals surface area (Å²) in [4.78, 5) is 8.69. The second-order valence-corrected chi connectivity index (χ2v) is 28.4. The van der Waals surface area contributed by atoms with Crippen LogP contribution >= 0.6 is 35.5 Å². The van der Waals surface area contributed by atoms with Crippen molar-refractivity contribution in [3.05, 3.63) is 0 Å². The van der Waals surface area contributed by atoms with Crippen LogP contribution in [0.3, 0.4) is 0 Å². The minimum Gasteiger partial charge on any atom is -0.297 e. The molecule has 0 aromatic heterocycles. The van der Waals surface area contributed by atoms with E-state index in [1.54, 1.807) is 0 Å². The molecule has 0 atom stereocenters. The first-order valence-corrected chi connectivity index (χ1v) is 22.9. The fraction of sp³-hybridized carbons (Fsp3) is 0. The van der Waals surface area contributed by atoms with Crippen molar-refractivity contribution in [1.82, 2.24) is 0 Å². The van der Waals surface area contributed by atoms with Crippen LogP contribution in [0.4, 0.5) is 0 Å². The van der Waals surface area contributed by atoms with Crippen molar-refractivity contribution < 1.29 is 79.4 Å². The maximum absolute atomic E-state index is 8.69. The SMILES string of the molecule is [Cs+].[I][Pb][I].[NH3+]C=O. The van der Waals surface area contributed by atoms with Gasteiger partial charge in [0.25, 0.3) is 6.41 Å². The molecule has 0 spiro atoms. The van der Waals surface area contributed by atoms with Crippen molar-refractivity contribution in [3.8, 4) is 0 Å². The van der Waals surface area contributed by atoms with Crippen LogP contribution in [0.15, 0.2) is 0 Å². The largest absolute Gasteiger partial charge is 0.297 e. The predicted molar refractivity (Wildman–Crippen MR) is 42.7 cm³/mol. The molecular weight excluding hydrogens is 636 g/mol. The first kappa shape index (κ1) is 17.2. The number of halogens is 2. The molecule has 0 bridgehead atoms. The van der Waals surface area contributed by atoms with Crippen molar-refractivity contribution >= 4 is 57.6 Å². The Bertz CT molecular complexity index is 31.7. The third kappa shape index (κ3) is 39.6. The Morgan fingerprint density at radius 1 is 1.57 bits per heavy atom. The van der Waals surface area contributed by atoms with Crippen LogP contribution in [-0.4, -0.2) is 22.1 Å². The molecule has 0 rings (SSSR count). The zero-order chi connectivity index (χ0) is 5.41. The standard InChI is InChI=1S/CH3NO.Cs.2HI.Pb/c2-1-3;;;;/h1H,(H2,2,3);;2*1H;/q;+1;;;+2/p-1. The zero-order valence-corrected chi connectivity index (χ0v) is 18.4. The third-order valence-corrected chi connectivity index (χ3v) is 0. The summed E-state index contributed by atoms with van der Waals surface area (Å²) in [6, 6.07) is 0. The molecule has 0 aromatic rings. The summed E-state index contributed by atoms with van der Waals surface area (Å²) in [6.07, 6.45) is 0.500. The van der Waals surface area contributed by atoms with Crippen LogP contribution in [0.1, 0.15) is 0 Å². The summed E-state index contributed by atoms with van der Waals surface area (Å²) in [5.74, 6) is 0. The number of quaternary nitrogens is 1. The van der Waals surface area contributed by atoms with Crippen molar-refractivity contribution in [2.45, 2.75) is 0 Å². The van der Waals surface area contributed by atoms with Crippen molar-refractivity contribution in [1.29, 1.82) is 0 Å². The minimum atomic E-state index is 0. The van der Waals surface area contributed by atoms with E-state index >= 15 is 0 Å². The molecule has 6 heteroatoms. The van der Waals surface area contributed by atoms with Gasteiger partial charge in [0.2, 0.25) is 0 Å². The molecule has 0 aliphatic rings. The number of rotatable bonds is 0. The summed E-state index contributed by atoms with van der Waals surface area (Å²) in [5, 5.41) is 0. The maximum Gasteiger partial charge on any atom is 0.296 e. The van der Waals surface area contributed by atoms with Crippen molar-refractivity contribution in [2.75, 3.05) is 0 Å². The molecule has 0 aromatic carbocycles. The quantitative estimate of drug-likeness (QED) is 0.169. The Kier molecular flexibility index (Phi) is 55.4. The molecule has 2 radical (unpaired) electrons. The molecule has 3 N–H and O–H groups in total. The van der Waals surface area contributed by atoms with E-state index in [-0.39, 0.29) is 84.5 Å². The zero-order valence-electron chi connectivity index (χ0n) is 3.95. The molecule has 0 heterocycles. The van der Waals surface area contributed by atoms with Gasteiger partial charge in [0, 0.05) is 0 Å². The maximum atomic E-state index is 8.69. The summed E-state index contributed by atoms with van der Waals surface area (Å²) in [5.41, 5.74) is 2.81. The molecule has 0 saturated heterocycles. The second-order valence-electron chi connectivity index (χ2n) is 0.238. The first-order chi connectivity index (χ1) is 2.83. The molecule has 36 valence electrons. The Balaban J connectivity index is -0.0000000400. The molecule has 0 aliphatic heterocycles. The fourth-order valence-corrected chi connectivity index (χ4v) is 0. The van der Waals surface area contributed by atoms with E-state index in [1.165, 1.54) is 0 Å². The molecule has 0 aliphatic carbocycles. The van der Waals surface area contributed by atoms with Gasteiger partial charge in [-0.05, 0) is 0 Å². The van der Waals surface area contributed by atoms with Crippen LogP contribution in [0.25, 0.3) is 0 Å². The average Bonchev–Trinajstić information content (AvgIpc) is 1.39.